The molecule has 0 radical (unpaired) electrons. The second kappa shape index (κ2) is 8.19. The van der Waals surface area contributed by atoms with E-state index in [-0.39, 0.29) is 5.97 Å². The second-order valence-electron chi connectivity index (χ2n) is 7.13. The first-order valence-corrected chi connectivity index (χ1v) is 9.36. The molecule has 25 heavy (non-hydrogen) atoms. The summed E-state index contributed by atoms with van der Waals surface area (Å²) >= 11 is 0. The quantitative estimate of drug-likeness (QED) is 0.829. The van der Waals surface area contributed by atoms with Gasteiger partial charge in [-0.25, -0.2) is 0 Å². The van der Waals surface area contributed by atoms with Gasteiger partial charge >= 0.3 is 5.97 Å². The average Bonchev–Trinajstić information content (AvgIpc) is 2.63. The number of piperidine rings is 1. The summed E-state index contributed by atoms with van der Waals surface area (Å²) in [4.78, 5) is 14.4. The van der Waals surface area contributed by atoms with Crippen LogP contribution in [0.3, 0.4) is 0 Å². The van der Waals surface area contributed by atoms with Gasteiger partial charge in [-0.3, -0.25) is 4.79 Å². The summed E-state index contributed by atoms with van der Waals surface area (Å²) in [5, 5.41) is 10.2. The van der Waals surface area contributed by atoms with Gasteiger partial charge in [-0.05, 0) is 61.8 Å². The van der Waals surface area contributed by atoms with Crippen LogP contribution < -0.4 is 4.74 Å². The van der Waals surface area contributed by atoms with Gasteiger partial charge in [0.2, 0.25) is 0 Å². The number of ether oxygens (including phenoxy) is 2. The van der Waals surface area contributed by atoms with Crippen molar-refractivity contribution in [3.05, 3.63) is 29.3 Å². The molecule has 1 aliphatic carbocycles. The van der Waals surface area contributed by atoms with Crippen LogP contribution >= 0.6 is 0 Å². The van der Waals surface area contributed by atoms with E-state index >= 15 is 0 Å². The molecule has 3 rings (SSSR count). The Morgan fingerprint density at radius 3 is 2.96 bits per heavy atom. The van der Waals surface area contributed by atoms with Gasteiger partial charge in [0.25, 0.3) is 0 Å². The highest BCUT2D eigenvalue weighted by Crippen LogP contribution is 2.35. The van der Waals surface area contributed by atoms with Gasteiger partial charge < -0.3 is 19.5 Å². The standard InChI is InChI=1S/C20H29NO4/c1-3-25-20(23)18-13-21(10-9-19(18)22)12-15-6-4-5-14-7-8-16(24-2)11-17(14)15/h7-8,11,15,18-19,22H,3-6,9-10,12-13H2,1-2H3/t15?,18-,19-/m0/s1. The molecule has 1 heterocycles. The summed E-state index contributed by atoms with van der Waals surface area (Å²) in [6, 6.07) is 6.39. The number of nitrogens with zero attached hydrogens (tertiary/aromatic N) is 1. The molecule has 0 aromatic heterocycles. The molecule has 5 nitrogen and oxygen atoms in total. The number of esters is 1. The van der Waals surface area contributed by atoms with E-state index < -0.39 is 12.0 Å². The van der Waals surface area contributed by atoms with Crippen LogP contribution in [0, 0.1) is 5.92 Å². The number of methoxy groups -OCH3 is 1. The molecule has 0 bridgehead atoms. The van der Waals surface area contributed by atoms with Gasteiger partial charge in [0.1, 0.15) is 5.75 Å². The third kappa shape index (κ3) is 4.15. The van der Waals surface area contributed by atoms with Crippen molar-refractivity contribution in [1.82, 2.24) is 4.90 Å². The van der Waals surface area contributed by atoms with Crippen LogP contribution in [0.1, 0.15) is 43.2 Å². The van der Waals surface area contributed by atoms with Crippen LogP contribution in [0.2, 0.25) is 0 Å². The minimum absolute atomic E-state index is 0.273. The summed E-state index contributed by atoms with van der Waals surface area (Å²) in [5.41, 5.74) is 2.79. The zero-order valence-corrected chi connectivity index (χ0v) is 15.2. The maximum absolute atomic E-state index is 12.1. The molecule has 138 valence electrons. The van der Waals surface area contributed by atoms with Gasteiger partial charge in [0.05, 0.1) is 25.7 Å². The SMILES string of the molecule is CCOC(=O)[C@H]1CN(CC2CCCc3ccc(OC)cc32)CC[C@@H]1O. The van der Waals surface area contributed by atoms with Crippen LogP contribution in [-0.2, 0) is 16.0 Å². The van der Waals surface area contributed by atoms with Crippen LogP contribution in [0.15, 0.2) is 18.2 Å². The Labute approximate surface area is 149 Å². The number of aliphatic hydroxyl groups is 1. The molecule has 2 aliphatic rings. The number of hydrogen-bond donors (Lipinski definition) is 1. The van der Waals surface area contributed by atoms with Crippen LogP contribution in [0.25, 0.3) is 0 Å². The first-order chi connectivity index (χ1) is 12.1. The lowest BCUT2D eigenvalue weighted by molar-refractivity contribution is -0.155. The molecule has 5 heteroatoms. The summed E-state index contributed by atoms with van der Waals surface area (Å²) < 4.78 is 10.5. The van der Waals surface area contributed by atoms with Crippen LogP contribution in [0.4, 0.5) is 0 Å². The molecule has 3 atom stereocenters. The maximum Gasteiger partial charge on any atom is 0.312 e. The highest BCUT2D eigenvalue weighted by atomic mass is 16.5. The molecule has 1 N–H and O–H groups in total. The van der Waals surface area contributed by atoms with Crippen molar-refractivity contribution < 1.29 is 19.4 Å². The summed E-state index contributed by atoms with van der Waals surface area (Å²) in [6.07, 6.45) is 3.51. The van der Waals surface area contributed by atoms with Crippen molar-refractivity contribution in [2.24, 2.45) is 5.92 Å². The molecular formula is C20H29NO4. The Morgan fingerprint density at radius 2 is 2.20 bits per heavy atom. The van der Waals surface area contributed by atoms with E-state index in [1.165, 1.54) is 17.5 Å². The first-order valence-electron chi connectivity index (χ1n) is 9.36. The lowest BCUT2D eigenvalue weighted by Crippen LogP contribution is -2.48. The minimum Gasteiger partial charge on any atom is -0.497 e. The fraction of sp³-hybridized carbons (Fsp3) is 0.650. The first kappa shape index (κ1) is 18.2. The smallest absolute Gasteiger partial charge is 0.312 e. The Balaban J connectivity index is 1.70. The van der Waals surface area contributed by atoms with E-state index in [0.717, 1.165) is 31.7 Å². The molecule has 1 fully saturated rings. The molecule has 1 aliphatic heterocycles. The van der Waals surface area contributed by atoms with E-state index in [9.17, 15) is 9.90 Å². The minimum atomic E-state index is -0.589. The number of aliphatic hydroxyl groups excluding tert-OH is 1. The molecule has 0 spiro atoms. The number of likely N-dealkylation sites (tertiary alicyclic amines) is 1. The van der Waals surface area contributed by atoms with Crippen molar-refractivity contribution in [3.8, 4) is 5.75 Å². The van der Waals surface area contributed by atoms with Crippen molar-refractivity contribution >= 4 is 5.97 Å². The summed E-state index contributed by atoms with van der Waals surface area (Å²) in [5.74, 6) is 0.661. The van der Waals surface area contributed by atoms with Crippen LogP contribution in [-0.4, -0.2) is 55.4 Å². The van der Waals surface area contributed by atoms with Gasteiger partial charge in [-0.1, -0.05) is 6.07 Å². The molecule has 0 saturated carbocycles. The van der Waals surface area contributed by atoms with Crippen molar-refractivity contribution in [2.45, 2.75) is 44.6 Å². The predicted octanol–water partition coefficient (Wildman–Crippen LogP) is 2.36. The third-order valence-corrected chi connectivity index (χ3v) is 5.52. The second-order valence-corrected chi connectivity index (χ2v) is 7.13. The zero-order valence-electron chi connectivity index (χ0n) is 15.2. The van der Waals surface area contributed by atoms with Crippen molar-refractivity contribution in [3.63, 3.8) is 0 Å². The van der Waals surface area contributed by atoms with Crippen molar-refractivity contribution in [1.29, 1.82) is 0 Å². The topological polar surface area (TPSA) is 59.0 Å². The zero-order chi connectivity index (χ0) is 17.8. The highest BCUT2D eigenvalue weighted by molar-refractivity contribution is 5.73. The monoisotopic (exact) mass is 347 g/mol. The Kier molecular flexibility index (Phi) is 5.97. The summed E-state index contributed by atoms with van der Waals surface area (Å²) in [7, 11) is 1.70. The largest absolute Gasteiger partial charge is 0.497 e. The lowest BCUT2D eigenvalue weighted by atomic mass is 9.81. The maximum atomic E-state index is 12.1. The van der Waals surface area contributed by atoms with Gasteiger partial charge in [0, 0.05) is 19.6 Å². The summed E-state index contributed by atoms with van der Waals surface area (Å²) in [6.45, 7) is 4.49. The van der Waals surface area contributed by atoms with E-state index in [1.807, 2.05) is 6.07 Å². The van der Waals surface area contributed by atoms with Gasteiger partial charge in [-0.15, -0.1) is 0 Å². The number of fused-ring (bicyclic) bond motifs is 1. The van der Waals surface area contributed by atoms with E-state index in [2.05, 4.69) is 17.0 Å². The molecule has 1 saturated heterocycles. The number of carbonyl (C=O) groups excluding carboxylic acids is 1. The third-order valence-electron chi connectivity index (χ3n) is 5.52. The number of carbonyl (C=O) groups is 1. The van der Waals surface area contributed by atoms with Crippen molar-refractivity contribution in [2.75, 3.05) is 33.4 Å². The number of benzene rings is 1. The lowest BCUT2D eigenvalue weighted by Gasteiger charge is -2.38. The number of rotatable bonds is 5. The molecule has 0 amide bonds. The fourth-order valence-electron chi connectivity index (χ4n) is 4.16. The predicted molar refractivity (Wildman–Crippen MR) is 95.9 cm³/mol. The number of aryl methyl sites for hydroxylation is 1. The average molecular weight is 347 g/mol. The fourth-order valence-corrected chi connectivity index (χ4v) is 4.16. The van der Waals surface area contributed by atoms with Gasteiger partial charge in [0.15, 0.2) is 0 Å². The Bertz CT molecular complexity index is 603. The number of hydrogen-bond acceptors (Lipinski definition) is 5. The Hall–Kier alpha value is -1.59. The molecule has 1 unspecified atom stereocenters. The van der Waals surface area contributed by atoms with E-state index in [0.29, 0.717) is 25.5 Å². The van der Waals surface area contributed by atoms with Crippen LogP contribution in [0.5, 0.6) is 5.75 Å². The molecule has 1 aromatic rings. The Morgan fingerprint density at radius 1 is 1.36 bits per heavy atom. The highest BCUT2D eigenvalue weighted by Gasteiger charge is 2.35. The van der Waals surface area contributed by atoms with Gasteiger partial charge in [-0.2, -0.15) is 0 Å². The normalized spacial score (nSPS) is 26.8. The molecule has 1 aromatic carbocycles. The van der Waals surface area contributed by atoms with E-state index in [1.54, 1.807) is 14.0 Å². The molecular weight excluding hydrogens is 318 g/mol. The van der Waals surface area contributed by atoms with E-state index in [4.69, 9.17) is 9.47 Å².